The van der Waals surface area contributed by atoms with Crippen molar-refractivity contribution >= 4 is 39.2 Å². The number of nitrogens with one attached hydrogen (secondary N) is 1. The molecular weight excluding hydrogens is 370 g/mol. The normalized spacial score (nSPS) is 17.8. The van der Waals surface area contributed by atoms with Gasteiger partial charge in [-0.1, -0.05) is 40.2 Å². The van der Waals surface area contributed by atoms with E-state index in [1.165, 1.54) is 0 Å². The second-order valence-corrected chi connectivity index (χ2v) is 6.55. The van der Waals surface area contributed by atoms with Crippen molar-refractivity contribution in [2.45, 2.75) is 13.0 Å². The summed E-state index contributed by atoms with van der Waals surface area (Å²) in [7, 11) is 0. The molecule has 0 bridgehead atoms. The molecule has 0 saturated carbocycles. The Balaban J connectivity index is 1.71. The molecule has 3 rings (SSSR count). The Kier molecular flexibility index (Phi) is 4.85. The largest absolute Gasteiger partial charge is 0.322 e. The van der Waals surface area contributed by atoms with Crippen LogP contribution in [0.25, 0.3) is 0 Å². The Bertz CT molecular complexity index is 751. The molecule has 1 atom stereocenters. The molecule has 6 heteroatoms. The number of carbonyl (C=O) groups is 2. The van der Waals surface area contributed by atoms with Crippen LogP contribution in [0, 0.1) is 0 Å². The SMILES string of the molecule is C[C@@H]1C(=O)N(c2cccc(Br)c2)CCN1C(=O)Nc1ccccc1. The van der Waals surface area contributed by atoms with Crippen LogP contribution >= 0.6 is 15.9 Å². The van der Waals surface area contributed by atoms with E-state index in [-0.39, 0.29) is 11.9 Å². The van der Waals surface area contributed by atoms with Gasteiger partial charge in [0.15, 0.2) is 0 Å². The molecule has 1 N–H and O–H groups in total. The lowest BCUT2D eigenvalue weighted by atomic mass is 10.1. The van der Waals surface area contributed by atoms with Crippen LogP contribution in [0.1, 0.15) is 6.92 Å². The van der Waals surface area contributed by atoms with E-state index in [0.29, 0.717) is 13.1 Å². The number of halogens is 1. The number of para-hydroxylation sites is 1. The van der Waals surface area contributed by atoms with Gasteiger partial charge in [-0.2, -0.15) is 0 Å². The van der Waals surface area contributed by atoms with Gasteiger partial charge in [-0.3, -0.25) is 4.79 Å². The highest BCUT2D eigenvalue weighted by atomic mass is 79.9. The monoisotopic (exact) mass is 387 g/mol. The molecule has 2 aromatic rings. The molecule has 0 unspecified atom stereocenters. The fourth-order valence-electron chi connectivity index (χ4n) is 2.76. The maximum atomic E-state index is 12.7. The molecule has 0 aromatic heterocycles. The molecule has 0 spiro atoms. The van der Waals surface area contributed by atoms with Crippen molar-refractivity contribution in [1.82, 2.24) is 4.90 Å². The number of anilines is 2. The van der Waals surface area contributed by atoms with Gasteiger partial charge in [0.2, 0.25) is 5.91 Å². The predicted molar refractivity (Wildman–Crippen MR) is 98.1 cm³/mol. The van der Waals surface area contributed by atoms with Gasteiger partial charge in [0.1, 0.15) is 6.04 Å². The van der Waals surface area contributed by atoms with Crippen molar-refractivity contribution < 1.29 is 9.59 Å². The molecule has 1 aliphatic heterocycles. The molecule has 124 valence electrons. The van der Waals surface area contributed by atoms with E-state index in [0.717, 1.165) is 15.8 Å². The number of carbonyl (C=O) groups excluding carboxylic acids is 2. The van der Waals surface area contributed by atoms with Crippen molar-refractivity contribution in [3.05, 3.63) is 59.1 Å². The third kappa shape index (κ3) is 3.43. The smallest absolute Gasteiger partial charge is 0.311 e. The summed E-state index contributed by atoms with van der Waals surface area (Å²) in [5.41, 5.74) is 1.56. The van der Waals surface area contributed by atoms with Crippen LogP contribution in [-0.2, 0) is 4.79 Å². The van der Waals surface area contributed by atoms with E-state index in [2.05, 4.69) is 21.2 Å². The lowest BCUT2D eigenvalue weighted by Gasteiger charge is -2.39. The Morgan fingerprint density at radius 3 is 2.58 bits per heavy atom. The summed E-state index contributed by atoms with van der Waals surface area (Å²) in [5, 5.41) is 2.84. The summed E-state index contributed by atoms with van der Waals surface area (Å²) in [6.07, 6.45) is 0. The van der Waals surface area contributed by atoms with Crippen LogP contribution in [0.5, 0.6) is 0 Å². The zero-order valence-corrected chi connectivity index (χ0v) is 14.9. The number of nitrogens with zero attached hydrogens (tertiary/aromatic N) is 2. The Morgan fingerprint density at radius 2 is 1.88 bits per heavy atom. The number of hydrogen-bond donors (Lipinski definition) is 1. The minimum Gasteiger partial charge on any atom is -0.311 e. The van der Waals surface area contributed by atoms with E-state index in [9.17, 15) is 9.59 Å². The highest BCUT2D eigenvalue weighted by molar-refractivity contribution is 9.10. The summed E-state index contributed by atoms with van der Waals surface area (Å²) in [6.45, 7) is 2.72. The van der Waals surface area contributed by atoms with Crippen molar-refractivity contribution in [1.29, 1.82) is 0 Å². The van der Waals surface area contributed by atoms with Crippen molar-refractivity contribution in [3.8, 4) is 0 Å². The van der Waals surface area contributed by atoms with Crippen molar-refractivity contribution in [2.75, 3.05) is 23.3 Å². The fourth-order valence-corrected chi connectivity index (χ4v) is 3.15. The first-order chi connectivity index (χ1) is 11.6. The zero-order chi connectivity index (χ0) is 17.1. The molecule has 0 radical (unpaired) electrons. The first-order valence-electron chi connectivity index (χ1n) is 7.76. The van der Waals surface area contributed by atoms with Crippen LogP contribution in [0.4, 0.5) is 16.2 Å². The average molecular weight is 388 g/mol. The number of urea groups is 1. The Morgan fingerprint density at radius 1 is 1.12 bits per heavy atom. The van der Waals surface area contributed by atoms with E-state index in [4.69, 9.17) is 0 Å². The third-order valence-electron chi connectivity index (χ3n) is 4.06. The molecule has 1 heterocycles. The number of benzene rings is 2. The van der Waals surface area contributed by atoms with Crippen molar-refractivity contribution in [2.24, 2.45) is 0 Å². The number of piperazine rings is 1. The summed E-state index contributed by atoms with van der Waals surface area (Å²) in [6, 6.07) is 16.1. The predicted octanol–water partition coefficient (Wildman–Crippen LogP) is 3.72. The summed E-state index contributed by atoms with van der Waals surface area (Å²) < 4.78 is 0.921. The standard InChI is InChI=1S/C18H18BrN3O2/c1-13-17(23)22(16-9-5-6-14(19)12-16)11-10-21(13)18(24)20-15-7-3-2-4-8-15/h2-9,12-13H,10-11H2,1H3,(H,20,24)/t13-/m1/s1. The van der Waals surface area contributed by atoms with Gasteiger partial charge in [0.25, 0.3) is 0 Å². The Hall–Kier alpha value is -2.34. The van der Waals surface area contributed by atoms with Gasteiger partial charge in [0.05, 0.1) is 0 Å². The zero-order valence-electron chi connectivity index (χ0n) is 13.3. The van der Waals surface area contributed by atoms with Crippen LogP contribution < -0.4 is 10.2 Å². The lowest BCUT2D eigenvalue weighted by molar-refractivity contribution is -0.123. The van der Waals surface area contributed by atoms with E-state index >= 15 is 0 Å². The topological polar surface area (TPSA) is 52.7 Å². The minimum atomic E-state index is -0.513. The molecule has 3 amide bonds. The molecule has 5 nitrogen and oxygen atoms in total. The molecule has 1 saturated heterocycles. The molecular formula is C18H18BrN3O2. The van der Waals surface area contributed by atoms with Gasteiger partial charge in [-0.15, -0.1) is 0 Å². The van der Waals surface area contributed by atoms with Gasteiger partial charge in [0, 0.05) is 28.9 Å². The molecule has 1 fully saturated rings. The van der Waals surface area contributed by atoms with E-state index in [1.807, 2.05) is 54.6 Å². The summed E-state index contributed by atoms with van der Waals surface area (Å²) in [4.78, 5) is 28.4. The second-order valence-electron chi connectivity index (χ2n) is 5.64. The fraction of sp³-hybridized carbons (Fsp3) is 0.222. The van der Waals surface area contributed by atoms with Gasteiger partial charge < -0.3 is 15.1 Å². The highest BCUT2D eigenvalue weighted by Crippen LogP contribution is 2.24. The maximum Gasteiger partial charge on any atom is 0.322 e. The molecule has 24 heavy (non-hydrogen) atoms. The second kappa shape index (κ2) is 7.05. The van der Waals surface area contributed by atoms with Crippen molar-refractivity contribution in [3.63, 3.8) is 0 Å². The number of rotatable bonds is 2. The molecule has 0 aliphatic carbocycles. The quantitative estimate of drug-likeness (QED) is 0.853. The Labute approximate surface area is 149 Å². The van der Waals surface area contributed by atoms with Crippen LogP contribution in [0.2, 0.25) is 0 Å². The first-order valence-corrected chi connectivity index (χ1v) is 8.55. The van der Waals surface area contributed by atoms with E-state index < -0.39 is 6.04 Å². The highest BCUT2D eigenvalue weighted by Gasteiger charge is 2.35. The maximum absolute atomic E-state index is 12.7. The van der Waals surface area contributed by atoms with Crippen LogP contribution in [0.15, 0.2) is 59.1 Å². The van der Waals surface area contributed by atoms with Gasteiger partial charge in [-0.05, 0) is 37.3 Å². The summed E-state index contributed by atoms with van der Waals surface area (Å²) >= 11 is 3.42. The average Bonchev–Trinajstić information content (AvgIpc) is 2.58. The van der Waals surface area contributed by atoms with Crippen LogP contribution in [-0.4, -0.2) is 36.0 Å². The lowest BCUT2D eigenvalue weighted by Crippen LogP contribution is -2.58. The van der Waals surface area contributed by atoms with Gasteiger partial charge >= 0.3 is 6.03 Å². The first kappa shape index (κ1) is 16.5. The van der Waals surface area contributed by atoms with E-state index in [1.54, 1.807) is 16.7 Å². The molecule has 2 aromatic carbocycles. The van der Waals surface area contributed by atoms with Gasteiger partial charge in [-0.25, -0.2) is 4.79 Å². The molecule has 1 aliphatic rings. The van der Waals surface area contributed by atoms with Crippen LogP contribution in [0.3, 0.4) is 0 Å². The minimum absolute atomic E-state index is 0.0810. The number of amides is 3. The summed E-state index contributed by atoms with van der Waals surface area (Å²) in [5.74, 6) is -0.0810. The number of hydrogen-bond acceptors (Lipinski definition) is 2. The third-order valence-corrected chi connectivity index (χ3v) is 4.55.